The van der Waals surface area contributed by atoms with E-state index in [4.69, 9.17) is 0 Å². The van der Waals surface area contributed by atoms with Gasteiger partial charge in [-0.25, -0.2) is 12.7 Å². The molecule has 1 saturated carbocycles. The molecular formula is C14H22N2O2S. The molecule has 106 valence electrons. The Morgan fingerprint density at radius 1 is 1.37 bits per heavy atom. The Morgan fingerprint density at radius 2 is 2.11 bits per heavy atom. The lowest BCUT2D eigenvalue weighted by molar-refractivity contribution is 0.453. The number of benzene rings is 1. The summed E-state index contributed by atoms with van der Waals surface area (Å²) in [6.07, 6.45) is 2.31. The lowest BCUT2D eigenvalue weighted by Gasteiger charge is -2.17. The fourth-order valence-electron chi connectivity index (χ4n) is 2.03. The second-order valence-electron chi connectivity index (χ2n) is 5.16. The number of hydrogen-bond donors (Lipinski definition) is 1. The zero-order valence-corrected chi connectivity index (χ0v) is 12.4. The fourth-order valence-corrected chi connectivity index (χ4v) is 3.35. The van der Waals surface area contributed by atoms with Gasteiger partial charge in [0.25, 0.3) is 0 Å². The third-order valence-corrected chi connectivity index (χ3v) is 5.22. The van der Waals surface area contributed by atoms with Crippen LogP contribution >= 0.6 is 0 Å². The van der Waals surface area contributed by atoms with Crippen LogP contribution in [0.5, 0.6) is 0 Å². The van der Waals surface area contributed by atoms with Gasteiger partial charge in [0.1, 0.15) is 0 Å². The maximum atomic E-state index is 12.4. The lowest BCUT2D eigenvalue weighted by Crippen LogP contribution is -2.29. The van der Waals surface area contributed by atoms with Crippen LogP contribution in [0.1, 0.15) is 25.3 Å². The zero-order valence-electron chi connectivity index (χ0n) is 11.6. The molecule has 1 aliphatic rings. The third kappa shape index (κ3) is 3.78. The molecule has 0 bridgehead atoms. The highest BCUT2D eigenvalue weighted by Crippen LogP contribution is 2.31. The average Bonchev–Trinajstić information content (AvgIpc) is 3.20. The number of nitrogens with zero attached hydrogens (tertiary/aromatic N) is 1. The van der Waals surface area contributed by atoms with Crippen molar-refractivity contribution in [2.45, 2.75) is 31.2 Å². The van der Waals surface area contributed by atoms with Gasteiger partial charge in [-0.2, -0.15) is 0 Å². The fraction of sp³-hybridized carbons (Fsp3) is 0.571. The minimum atomic E-state index is -3.34. The molecule has 0 amide bonds. The minimum Gasteiger partial charge on any atom is -0.313 e. The van der Waals surface area contributed by atoms with Crippen LogP contribution < -0.4 is 5.32 Å². The Bertz CT molecular complexity index is 524. The summed E-state index contributed by atoms with van der Waals surface area (Å²) in [5.74, 6) is 0.560. The number of hydrogen-bond acceptors (Lipinski definition) is 3. The summed E-state index contributed by atoms with van der Waals surface area (Å²) in [7, 11) is -1.66. The van der Waals surface area contributed by atoms with Gasteiger partial charge >= 0.3 is 0 Å². The molecule has 1 aromatic rings. The van der Waals surface area contributed by atoms with E-state index in [9.17, 15) is 8.42 Å². The molecule has 0 aliphatic heterocycles. The molecule has 0 heterocycles. The van der Waals surface area contributed by atoms with Crippen LogP contribution in [0.25, 0.3) is 0 Å². The zero-order chi connectivity index (χ0) is 13.9. The van der Waals surface area contributed by atoms with Crippen LogP contribution in [0.2, 0.25) is 0 Å². The van der Waals surface area contributed by atoms with Crippen LogP contribution in [-0.2, 0) is 16.6 Å². The summed E-state index contributed by atoms with van der Waals surface area (Å²) in [4.78, 5) is 0.394. The molecule has 1 N–H and O–H groups in total. The van der Waals surface area contributed by atoms with Gasteiger partial charge in [0.05, 0.1) is 4.90 Å². The Hall–Kier alpha value is -0.910. The normalized spacial score (nSPS) is 15.9. The van der Waals surface area contributed by atoms with Gasteiger partial charge in [0, 0.05) is 20.1 Å². The SMILES string of the molecule is CCNCc1cccc(S(=O)(=O)N(C)CC2CC2)c1. The van der Waals surface area contributed by atoms with Crippen molar-refractivity contribution in [2.24, 2.45) is 5.92 Å². The molecule has 1 fully saturated rings. The molecule has 0 saturated heterocycles. The van der Waals surface area contributed by atoms with Crippen molar-refractivity contribution in [2.75, 3.05) is 20.1 Å². The van der Waals surface area contributed by atoms with Gasteiger partial charge in [-0.1, -0.05) is 19.1 Å². The van der Waals surface area contributed by atoms with Crippen molar-refractivity contribution in [3.05, 3.63) is 29.8 Å². The maximum Gasteiger partial charge on any atom is 0.242 e. The first-order valence-corrected chi connectivity index (χ1v) is 8.24. The summed E-state index contributed by atoms with van der Waals surface area (Å²) in [5, 5.41) is 3.21. The van der Waals surface area contributed by atoms with E-state index in [-0.39, 0.29) is 0 Å². The molecule has 0 radical (unpaired) electrons. The first-order chi connectivity index (χ1) is 9.04. The molecule has 5 heteroatoms. The Morgan fingerprint density at radius 3 is 2.74 bits per heavy atom. The van der Waals surface area contributed by atoms with Crippen LogP contribution in [0.3, 0.4) is 0 Å². The topological polar surface area (TPSA) is 49.4 Å². The average molecular weight is 282 g/mol. The van der Waals surface area contributed by atoms with E-state index in [0.717, 1.165) is 24.9 Å². The number of rotatable bonds is 7. The van der Waals surface area contributed by atoms with Crippen molar-refractivity contribution in [1.82, 2.24) is 9.62 Å². The molecule has 19 heavy (non-hydrogen) atoms. The van der Waals surface area contributed by atoms with E-state index < -0.39 is 10.0 Å². The third-order valence-electron chi connectivity index (χ3n) is 3.40. The molecule has 1 aliphatic carbocycles. The second kappa shape index (κ2) is 6.03. The quantitative estimate of drug-likeness (QED) is 0.830. The Labute approximate surface area is 115 Å². The number of sulfonamides is 1. The van der Waals surface area contributed by atoms with Gasteiger partial charge < -0.3 is 5.32 Å². The number of nitrogens with one attached hydrogen (secondary N) is 1. The van der Waals surface area contributed by atoms with Crippen molar-refractivity contribution in [1.29, 1.82) is 0 Å². The molecule has 0 aromatic heterocycles. The minimum absolute atomic E-state index is 0.394. The molecule has 4 nitrogen and oxygen atoms in total. The van der Waals surface area contributed by atoms with Crippen LogP contribution in [0, 0.1) is 5.92 Å². The highest BCUT2D eigenvalue weighted by Gasteiger charge is 2.29. The highest BCUT2D eigenvalue weighted by atomic mass is 32.2. The summed E-state index contributed by atoms with van der Waals surface area (Å²) in [5.41, 5.74) is 1.00. The summed E-state index contributed by atoms with van der Waals surface area (Å²) in [6.45, 7) is 4.24. The van der Waals surface area contributed by atoms with Crippen molar-refractivity contribution in [3.63, 3.8) is 0 Å². The monoisotopic (exact) mass is 282 g/mol. The van der Waals surface area contributed by atoms with E-state index >= 15 is 0 Å². The standard InChI is InChI=1S/C14H22N2O2S/c1-3-15-10-13-5-4-6-14(9-13)19(17,18)16(2)11-12-7-8-12/h4-6,9,12,15H,3,7-8,10-11H2,1-2H3. The molecule has 2 rings (SSSR count). The maximum absolute atomic E-state index is 12.4. The van der Waals surface area contributed by atoms with Crippen LogP contribution in [0.4, 0.5) is 0 Å². The lowest BCUT2D eigenvalue weighted by atomic mass is 10.2. The predicted octanol–water partition coefficient (Wildman–Crippen LogP) is 1.83. The van der Waals surface area contributed by atoms with Crippen molar-refractivity contribution < 1.29 is 8.42 Å². The largest absolute Gasteiger partial charge is 0.313 e. The van der Waals surface area contributed by atoms with Crippen molar-refractivity contribution >= 4 is 10.0 Å². The van der Waals surface area contributed by atoms with Gasteiger partial charge in [0.2, 0.25) is 10.0 Å². The Kier molecular flexibility index (Phi) is 4.60. The highest BCUT2D eigenvalue weighted by molar-refractivity contribution is 7.89. The first kappa shape index (κ1) is 14.5. The van der Waals surface area contributed by atoms with Crippen LogP contribution in [-0.4, -0.2) is 32.9 Å². The van der Waals surface area contributed by atoms with E-state index in [1.807, 2.05) is 19.1 Å². The van der Waals surface area contributed by atoms with Gasteiger partial charge in [-0.15, -0.1) is 0 Å². The van der Waals surface area contributed by atoms with E-state index in [0.29, 0.717) is 23.9 Å². The van der Waals surface area contributed by atoms with Crippen LogP contribution in [0.15, 0.2) is 29.2 Å². The predicted molar refractivity (Wildman–Crippen MR) is 76.4 cm³/mol. The molecule has 0 atom stereocenters. The van der Waals surface area contributed by atoms with E-state index in [1.165, 1.54) is 4.31 Å². The van der Waals surface area contributed by atoms with Gasteiger partial charge in [-0.05, 0) is 43.0 Å². The smallest absolute Gasteiger partial charge is 0.242 e. The van der Waals surface area contributed by atoms with E-state index in [1.54, 1.807) is 19.2 Å². The first-order valence-electron chi connectivity index (χ1n) is 6.80. The molecule has 0 unspecified atom stereocenters. The van der Waals surface area contributed by atoms with Crippen molar-refractivity contribution in [3.8, 4) is 0 Å². The van der Waals surface area contributed by atoms with Gasteiger partial charge in [0.15, 0.2) is 0 Å². The summed E-state index contributed by atoms with van der Waals surface area (Å²) < 4.78 is 26.3. The molecule has 1 aromatic carbocycles. The molecular weight excluding hydrogens is 260 g/mol. The van der Waals surface area contributed by atoms with E-state index in [2.05, 4.69) is 5.32 Å². The van der Waals surface area contributed by atoms with Gasteiger partial charge in [-0.3, -0.25) is 0 Å². The molecule has 0 spiro atoms. The Balaban J connectivity index is 2.14. The summed E-state index contributed by atoms with van der Waals surface area (Å²) >= 11 is 0. The summed E-state index contributed by atoms with van der Waals surface area (Å²) in [6, 6.07) is 7.20. The second-order valence-corrected chi connectivity index (χ2v) is 7.20.